The van der Waals surface area contributed by atoms with Crippen LogP contribution in [0, 0.1) is 0 Å². The molecule has 1 aliphatic rings. The van der Waals surface area contributed by atoms with Crippen molar-refractivity contribution in [2.24, 2.45) is 0 Å². The molecule has 13 heteroatoms. The van der Waals surface area contributed by atoms with Crippen molar-refractivity contribution in [1.29, 1.82) is 0 Å². The fourth-order valence-corrected chi connectivity index (χ4v) is 4.42. The number of carbonyl (C=O) groups is 4. The van der Waals surface area contributed by atoms with Crippen molar-refractivity contribution in [2.45, 2.75) is 38.7 Å². The van der Waals surface area contributed by atoms with Crippen molar-refractivity contribution in [1.82, 2.24) is 10.2 Å². The maximum atomic E-state index is 10.3. The molecule has 0 aromatic heterocycles. The van der Waals surface area contributed by atoms with Crippen LogP contribution in [-0.4, -0.2) is 92.6 Å². The molecule has 262 valence electrons. The summed E-state index contributed by atoms with van der Waals surface area (Å²) in [6.07, 6.45) is 2.79. The molecule has 0 saturated carbocycles. The van der Waals surface area contributed by atoms with Gasteiger partial charge >= 0.3 is 23.9 Å². The number of likely N-dealkylation sites (N-methyl/N-ethyl adjacent to an activating group) is 1. The van der Waals surface area contributed by atoms with Gasteiger partial charge in [0.25, 0.3) is 0 Å². The summed E-state index contributed by atoms with van der Waals surface area (Å²) >= 11 is 0. The average molecular weight is 679 g/mol. The average Bonchev–Trinajstić information content (AvgIpc) is 3.45. The smallest absolute Gasteiger partial charge is 0.328 e. The fourth-order valence-electron chi connectivity index (χ4n) is 4.42. The lowest BCUT2D eigenvalue weighted by molar-refractivity contribution is -0.134. The van der Waals surface area contributed by atoms with E-state index in [1.54, 1.807) is 0 Å². The third kappa shape index (κ3) is 17.3. The Morgan fingerprint density at radius 3 is 1.59 bits per heavy atom. The number of nitrogens with zero attached hydrogens (tertiary/aromatic N) is 1. The van der Waals surface area contributed by atoms with Crippen LogP contribution in [0.25, 0.3) is 0 Å². The minimum absolute atomic E-state index is 0.132. The normalized spacial score (nSPS) is 15.5. The zero-order valence-corrected chi connectivity index (χ0v) is 27.1. The lowest BCUT2D eigenvalue weighted by Crippen LogP contribution is -2.40. The number of benzene rings is 3. The molecular weight excluding hydrogens is 636 g/mol. The fraction of sp³-hybridized carbons (Fsp3) is 0.278. The number of nitrogens with one attached hydrogen (secondary N) is 1. The summed E-state index contributed by atoms with van der Waals surface area (Å²) in [5.41, 5.74) is 3.42. The Morgan fingerprint density at radius 1 is 0.694 bits per heavy atom. The minimum Gasteiger partial charge on any atom is -0.485 e. The van der Waals surface area contributed by atoms with E-state index in [2.05, 4.69) is 53.5 Å². The Kier molecular flexibility index (Phi) is 17.9. The number of likely N-dealkylation sites (tertiary alicyclic amines) is 1. The summed E-state index contributed by atoms with van der Waals surface area (Å²) in [6.45, 7) is 6.55. The van der Waals surface area contributed by atoms with Crippen molar-refractivity contribution < 1.29 is 54.2 Å². The zero-order chi connectivity index (χ0) is 36.0. The van der Waals surface area contributed by atoms with Crippen molar-refractivity contribution in [3.63, 3.8) is 0 Å². The summed E-state index contributed by atoms with van der Waals surface area (Å²) in [7, 11) is 0. The molecule has 3 aromatic carbocycles. The number of rotatable bonds is 15. The van der Waals surface area contributed by atoms with Crippen molar-refractivity contribution in [2.75, 3.05) is 26.2 Å². The van der Waals surface area contributed by atoms with Crippen LogP contribution in [0.4, 0.5) is 0 Å². The van der Waals surface area contributed by atoms with Gasteiger partial charge in [0.15, 0.2) is 11.5 Å². The highest BCUT2D eigenvalue weighted by atomic mass is 16.5. The van der Waals surface area contributed by atoms with Crippen LogP contribution in [0.2, 0.25) is 0 Å². The molecule has 0 spiro atoms. The van der Waals surface area contributed by atoms with Crippen LogP contribution in [0.1, 0.15) is 23.6 Å². The second kappa shape index (κ2) is 22.1. The van der Waals surface area contributed by atoms with Crippen LogP contribution in [0.5, 0.6) is 11.5 Å². The largest absolute Gasteiger partial charge is 0.485 e. The second-order valence-corrected chi connectivity index (χ2v) is 10.6. The van der Waals surface area contributed by atoms with Crippen LogP contribution < -0.4 is 14.8 Å². The quantitative estimate of drug-likeness (QED) is 0.128. The zero-order valence-electron chi connectivity index (χ0n) is 27.1. The molecule has 0 unspecified atom stereocenters. The second-order valence-electron chi connectivity index (χ2n) is 10.6. The summed E-state index contributed by atoms with van der Waals surface area (Å²) in [5, 5.41) is 45.0. The first kappa shape index (κ1) is 39.7. The highest BCUT2D eigenvalue weighted by Crippen LogP contribution is 2.30. The van der Waals surface area contributed by atoms with Gasteiger partial charge in [-0.1, -0.05) is 73.7 Å². The molecule has 2 atom stereocenters. The predicted octanol–water partition coefficient (Wildman–Crippen LogP) is 3.47. The topological polar surface area (TPSA) is 203 Å². The number of carboxylic acids is 4. The van der Waals surface area contributed by atoms with Gasteiger partial charge in [0.1, 0.15) is 13.2 Å². The number of aliphatic carboxylic acids is 4. The molecule has 1 saturated heterocycles. The third-order valence-electron chi connectivity index (χ3n) is 6.85. The molecule has 0 aliphatic carbocycles. The van der Waals surface area contributed by atoms with E-state index < -0.39 is 23.9 Å². The molecule has 4 rings (SSSR count). The first-order valence-electron chi connectivity index (χ1n) is 15.3. The number of carboxylic acid groups (broad SMARTS) is 4. The van der Waals surface area contributed by atoms with Gasteiger partial charge in [0.2, 0.25) is 0 Å². The van der Waals surface area contributed by atoms with Gasteiger partial charge in [0.05, 0.1) is 6.10 Å². The molecule has 0 amide bonds. The molecule has 1 fully saturated rings. The molecule has 13 nitrogen and oxygen atoms in total. The van der Waals surface area contributed by atoms with Gasteiger partial charge in [0, 0.05) is 43.4 Å². The standard InChI is InChI=1S/C28H34N2O3.2C4H4O4/c1-2-30-18-25(26(31)19-30)29-16-15-22-13-14-27(32-20-23-9-5-3-6-10-23)28(17-22)33-21-24-11-7-4-8-12-24;2*5-3(6)1-2-4(7)8/h3-14,17,25-26,29,31H,2,15-16,18-21H2,1H3;2*1-2H,(H,5,6)(H,7,8)/b;2*2-1-/t25-,26-;;/m0../s1. The van der Waals surface area contributed by atoms with E-state index in [4.69, 9.17) is 29.9 Å². The molecule has 49 heavy (non-hydrogen) atoms. The van der Waals surface area contributed by atoms with E-state index in [0.717, 1.165) is 55.2 Å². The van der Waals surface area contributed by atoms with Gasteiger partial charge in [-0.15, -0.1) is 0 Å². The van der Waals surface area contributed by atoms with Crippen molar-refractivity contribution in [3.05, 3.63) is 120 Å². The molecular formula is C36H42N2O11. The van der Waals surface area contributed by atoms with E-state index in [-0.39, 0.29) is 12.1 Å². The number of β-amino-alcohol motifs (C(OH)–C–C–N with tert-alkyl or cyclic N) is 1. The highest BCUT2D eigenvalue weighted by molar-refractivity contribution is 5.90. The summed E-state index contributed by atoms with van der Waals surface area (Å²) < 4.78 is 12.3. The lowest BCUT2D eigenvalue weighted by Gasteiger charge is -2.17. The minimum atomic E-state index is -1.26. The number of hydrogen-bond donors (Lipinski definition) is 6. The van der Waals surface area contributed by atoms with E-state index in [1.807, 2.05) is 42.5 Å². The van der Waals surface area contributed by atoms with Crippen molar-refractivity contribution >= 4 is 23.9 Å². The summed E-state index contributed by atoms with van der Waals surface area (Å²) in [5.74, 6) is -3.53. The van der Waals surface area contributed by atoms with Crippen LogP contribution in [0.3, 0.4) is 0 Å². The molecule has 0 bridgehead atoms. The number of aliphatic hydroxyl groups is 1. The third-order valence-corrected chi connectivity index (χ3v) is 6.85. The van der Waals surface area contributed by atoms with E-state index in [1.165, 1.54) is 5.56 Å². The Bertz CT molecular complexity index is 1460. The lowest BCUT2D eigenvalue weighted by atomic mass is 10.1. The summed E-state index contributed by atoms with van der Waals surface area (Å²) in [4.78, 5) is 40.5. The molecule has 3 aromatic rings. The van der Waals surface area contributed by atoms with Crippen LogP contribution >= 0.6 is 0 Å². The molecule has 0 radical (unpaired) electrons. The number of ether oxygens (including phenoxy) is 2. The predicted molar refractivity (Wildman–Crippen MR) is 180 cm³/mol. The number of aliphatic hydroxyl groups excluding tert-OH is 1. The van der Waals surface area contributed by atoms with Gasteiger partial charge in [-0.05, 0) is 48.3 Å². The Labute approximate surface area is 284 Å². The molecule has 6 N–H and O–H groups in total. The van der Waals surface area contributed by atoms with E-state index in [0.29, 0.717) is 37.5 Å². The SMILES string of the molecule is CCN1C[C@H](NCCc2ccc(OCc3ccccc3)c(OCc3ccccc3)c2)[C@@H](O)C1.O=C(O)/C=C\C(=O)O.O=C(O)/C=C\C(=O)O. The van der Waals surface area contributed by atoms with E-state index >= 15 is 0 Å². The van der Waals surface area contributed by atoms with Gasteiger partial charge in [-0.3, -0.25) is 4.90 Å². The number of hydrogen-bond acceptors (Lipinski definition) is 9. The van der Waals surface area contributed by atoms with Gasteiger partial charge in [-0.2, -0.15) is 0 Å². The van der Waals surface area contributed by atoms with E-state index in [9.17, 15) is 24.3 Å². The van der Waals surface area contributed by atoms with Crippen LogP contribution in [0.15, 0.2) is 103 Å². The Morgan fingerprint density at radius 2 is 1.16 bits per heavy atom. The Hall–Kier alpha value is -5.50. The van der Waals surface area contributed by atoms with Crippen LogP contribution in [-0.2, 0) is 38.8 Å². The maximum Gasteiger partial charge on any atom is 0.328 e. The monoisotopic (exact) mass is 678 g/mol. The first-order valence-corrected chi connectivity index (χ1v) is 15.3. The molecule has 1 heterocycles. The van der Waals surface area contributed by atoms with Crippen molar-refractivity contribution in [3.8, 4) is 11.5 Å². The Balaban J connectivity index is 0.000000432. The molecule has 1 aliphatic heterocycles. The maximum absolute atomic E-state index is 10.3. The summed E-state index contributed by atoms with van der Waals surface area (Å²) in [6, 6.07) is 26.6. The first-order chi connectivity index (χ1) is 23.5. The van der Waals surface area contributed by atoms with Gasteiger partial charge in [-0.25, -0.2) is 19.2 Å². The highest BCUT2D eigenvalue weighted by Gasteiger charge is 2.29. The van der Waals surface area contributed by atoms with Gasteiger partial charge < -0.3 is 40.3 Å².